The van der Waals surface area contributed by atoms with Crippen LogP contribution in [0.2, 0.25) is 0 Å². The largest absolute Gasteiger partial charge is 0.469 e. The molecule has 0 saturated carbocycles. The van der Waals surface area contributed by atoms with Gasteiger partial charge in [0.1, 0.15) is 24.6 Å². The first-order valence-electron chi connectivity index (χ1n) is 27.9. The molecule has 1 unspecified atom stereocenters. The Bertz CT molecular complexity index is 3520. The van der Waals surface area contributed by atoms with Crippen LogP contribution in [0.1, 0.15) is 132 Å². The smallest absolute Gasteiger partial charge is 0.355 e. The predicted molar refractivity (Wildman–Crippen MR) is 308 cm³/mol. The zero-order valence-corrected chi connectivity index (χ0v) is 50.6. The lowest BCUT2D eigenvalue weighted by Crippen LogP contribution is -2.49. The molecule has 0 saturated heterocycles. The first kappa shape index (κ1) is 68.0. The Morgan fingerprint density at radius 1 is 0.382 bits per heavy atom. The molecule has 1 amide bonds. The molecule has 4 heterocycles. The van der Waals surface area contributed by atoms with Crippen molar-refractivity contribution in [2.45, 2.75) is 109 Å². The van der Waals surface area contributed by atoms with Gasteiger partial charge in [-0.25, -0.2) is 9.59 Å². The summed E-state index contributed by atoms with van der Waals surface area (Å²) in [7, 11) is 8.98. The quantitative estimate of drug-likeness (QED) is 0.0261. The monoisotopic (exact) mass is 1230 g/mol. The van der Waals surface area contributed by atoms with Gasteiger partial charge in [0.25, 0.3) is 0 Å². The lowest BCUT2D eigenvalue weighted by atomic mass is 9.77. The Morgan fingerprint density at radius 3 is 1.13 bits per heavy atom. The number of ketones is 1. The number of benzene rings is 2. The Morgan fingerprint density at radius 2 is 0.719 bits per heavy atom. The molecule has 0 radical (unpaired) electrons. The molecule has 474 valence electrons. The summed E-state index contributed by atoms with van der Waals surface area (Å²) < 4.78 is 51.9. The van der Waals surface area contributed by atoms with E-state index >= 15 is 4.79 Å². The predicted octanol–water partition coefficient (Wildman–Crippen LogP) is 4.55. The molecule has 1 atom stereocenters. The van der Waals surface area contributed by atoms with E-state index in [9.17, 15) is 52.7 Å². The molecular weight excluding hydrogens is 1160 g/mol. The van der Waals surface area contributed by atoms with Crippen LogP contribution in [0.25, 0.3) is 0 Å². The molecule has 26 nitrogen and oxygen atoms in total. The fraction of sp³-hybridized carbons (Fsp3) is 0.397. The van der Waals surface area contributed by atoms with Gasteiger partial charge < -0.3 is 67.6 Å². The van der Waals surface area contributed by atoms with Crippen molar-refractivity contribution in [2.24, 2.45) is 0 Å². The summed E-state index contributed by atoms with van der Waals surface area (Å²) in [6.45, 7) is -0.460. The van der Waals surface area contributed by atoms with E-state index in [-0.39, 0.29) is 131 Å². The van der Waals surface area contributed by atoms with Gasteiger partial charge in [-0.2, -0.15) is 0 Å². The Kier molecular flexibility index (Phi) is 24.5. The third-order valence-corrected chi connectivity index (χ3v) is 15.1. The minimum Gasteiger partial charge on any atom is -0.469 e. The highest BCUT2D eigenvalue weighted by molar-refractivity contribution is 6.11. The van der Waals surface area contributed by atoms with Gasteiger partial charge in [0.15, 0.2) is 0 Å². The molecule has 0 aliphatic carbocycles. The Balaban J connectivity index is 1.69. The van der Waals surface area contributed by atoms with Gasteiger partial charge in [-0.3, -0.25) is 47.9 Å². The molecule has 2 aromatic carbocycles. The molecule has 0 bridgehead atoms. The highest BCUT2D eigenvalue weighted by atomic mass is 16.6. The van der Waals surface area contributed by atoms with Crippen molar-refractivity contribution in [3.8, 4) is 0 Å². The molecule has 26 heteroatoms. The Hall–Kier alpha value is -10.1. The van der Waals surface area contributed by atoms with Crippen molar-refractivity contribution >= 4 is 71.4 Å². The summed E-state index contributed by atoms with van der Waals surface area (Å²) in [5.41, 5.74) is -2.01. The number of ether oxygens (including phenoxy) is 10. The van der Waals surface area contributed by atoms with Crippen LogP contribution in [0.3, 0.4) is 0 Å². The van der Waals surface area contributed by atoms with Gasteiger partial charge >= 0.3 is 59.7 Å². The van der Waals surface area contributed by atoms with Crippen LogP contribution in [0.4, 0.5) is 0 Å². The zero-order valence-electron chi connectivity index (χ0n) is 50.6. The van der Waals surface area contributed by atoms with Crippen LogP contribution < -0.4 is 5.32 Å². The summed E-state index contributed by atoms with van der Waals surface area (Å²) in [6, 6.07) is 17.3. The molecule has 1 aliphatic rings. The number of hydrogen-bond acceptors (Lipinski definition) is 22. The molecule has 3 aromatic heterocycles. The molecule has 4 N–H and O–H groups in total. The highest BCUT2D eigenvalue weighted by Crippen LogP contribution is 2.42. The van der Waals surface area contributed by atoms with E-state index in [2.05, 4.69) is 20.3 Å². The van der Waals surface area contributed by atoms with E-state index < -0.39 is 128 Å². The number of esters is 10. The molecule has 0 spiro atoms. The minimum atomic E-state index is -1.98. The van der Waals surface area contributed by atoms with E-state index in [4.69, 9.17) is 47.4 Å². The second-order valence-corrected chi connectivity index (χ2v) is 20.3. The van der Waals surface area contributed by atoms with E-state index in [1.54, 1.807) is 60.7 Å². The zero-order chi connectivity index (χ0) is 65.0. The summed E-state index contributed by atoms with van der Waals surface area (Å²) in [6.07, 6.45) is -6.20. The van der Waals surface area contributed by atoms with Gasteiger partial charge in [-0.15, -0.1) is 0 Å². The second kappa shape index (κ2) is 32.0. The number of amides is 1. The Labute approximate surface area is 510 Å². The van der Waals surface area contributed by atoms with E-state index in [0.29, 0.717) is 11.1 Å². The van der Waals surface area contributed by atoms with Gasteiger partial charge in [-0.1, -0.05) is 60.7 Å². The number of hydrogen-bond donors (Lipinski definition) is 4. The van der Waals surface area contributed by atoms with E-state index in [0.717, 1.165) is 56.9 Å². The number of nitrogens with one attached hydrogen (secondary N) is 4. The maximum atomic E-state index is 15.8. The van der Waals surface area contributed by atoms with Crippen molar-refractivity contribution in [2.75, 3.05) is 56.9 Å². The minimum absolute atomic E-state index is 0.00225. The van der Waals surface area contributed by atoms with Gasteiger partial charge in [0, 0.05) is 55.5 Å². The summed E-state index contributed by atoms with van der Waals surface area (Å²) in [5, 5.41) is 3.01. The molecule has 1 aliphatic heterocycles. The van der Waals surface area contributed by atoms with Crippen LogP contribution in [-0.4, -0.2) is 149 Å². The summed E-state index contributed by atoms with van der Waals surface area (Å²) in [4.78, 5) is 175. The van der Waals surface area contributed by atoms with Crippen LogP contribution in [0.15, 0.2) is 71.8 Å². The molecule has 6 rings (SSSR count). The average molecular weight is 1240 g/mol. The number of methoxy groups -OCH3 is 8. The van der Waals surface area contributed by atoms with Crippen LogP contribution in [0, 0.1) is 0 Å². The van der Waals surface area contributed by atoms with Crippen molar-refractivity contribution in [3.05, 3.63) is 150 Å². The van der Waals surface area contributed by atoms with Crippen molar-refractivity contribution in [1.82, 2.24) is 20.3 Å². The first-order valence-corrected chi connectivity index (χ1v) is 27.9. The maximum absolute atomic E-state index is 15.8. The topological polar surface area (TPSA) is 357 Å². The summed E-state index contributed by atoms with van der Waals surface area (Å²) in [5.74, 6) is -10.1. The van der Waals surface area contributed by atoms with Gasteiger partial charge in [0.05, 0.1) is 99.5 Å². The lowest BCUT2D eigenvalue weighted by Gasteiger charge is -2.33. The van der Waals surface area contributed by atoms with E-state index in [1.807, 2.05) is 0 Å². The molecule has 5 aromatic rings. The van der Waals surface area contributed by atoms with E-state index in [1.165, 1.54) is 0 Å². The maximum Gasteiger partial charge on any atom is 0.355 e. The van der Waals surface area contributed by atoms with Crippen LogP contribution >= 0.6 is 0 Å². The van der Waals surface area contributed by atoms with Crippen LogP contribution in [-0.2, 0) is 155 Å². The number of H-pyrrole nitrogens is 3. The normalized spacial score (nSPS) is 13.4. The first-order chi connectivity index (χ1) is 42.7. The third-order valence-electron chi connectivity index (χ3n) is 15.1. The molecular formula is C63H70N4O22. The standard InChI is InChI=1S/C63H70N4O22/c1-80-47(68)23-19-37-41(27-51(72)84-5)45(64-55(37)59(76)56-43(29-53(74)86-7)39(21-25-49(70)82-3)58(66-56)62(79)89-34-36-17-13-10-14-18-36)31-63(44(30-54(75)87-8)40(60(77)67-63)22-26-50(71)83-4)32-46-42(28-52(73)85-6)38(20-24-48(69)81-2)57(65-46)61(78)88-33-35-15-11-9-12-16-35/h9-18,64-66H,19-34H2,1-8H3,(H,67,77). The highest BCUT2D eigenvalue weighted by Gasteiger charge is 2.48. The van der Waals surface area contributed by atoms with Gasteiger partial charge in [-0.05, 0) is 75.8 Å². The summed E-state index contributed by atoms with van der Waals surface area (Å²) >= 11 is 0. The number of rotatable bonds is 32. The number of aromatic nitrogens is 3. The fourth-order valence-electron chi connectivity index (χ4n) is 10.5. The molecule has 0 fully saturated rings. The molecule has 89 heavy (non-hydrogen) atoms. The van der Waals surface area contributed by atoms with Crippen molar-refractivity contribution in [1.29, 1.82) is 0 Å². The third kappa shape index (κ3) is 17.3. The average Bonchev–Trinajstić information content (AvgIpc) is 1.61. The van der Waals surface area contributed by atoms with Crippen LogP contribution in [0.5, 0.6) is 0 Å². The SMILES string of the molecule is COC(=O)CCC1=C(CC(=O)OC)C(Cc2[nH]c(C(=O)OCc3ccccc3)c(CCC(=O)OC)c2CC(=O)OC)(Cc2[nH]c(C(=O)c3[nH]c(C(=O)OCc4ccccc4)c(CCC(=O)OC)c3CC(=O)OC)c(CCC(=O)OC)c2CC(=O)OC)NC1=O. The van der Waals surface area contributed by atoms with Crippen molar-refractivity contribution < 1.29 is 105 Å². The number of carbonyl (C=O) groups is 12. The number of carbonyl (C=O) groups excluding carboxylic acids is 12. The van der Waals surface area contributed by atoms with Crippen molar-refractivity contribution in [3.63, 3.8) is 0 Å². The second-order valence-electron chi connectivity index (χ2n) is 20.3. The van der Waals surface area contributed by atoms with Gasteiger partial charge in [0.2, 0.25) is 11.7 Å². The number of aromatic amines is 3. The lowest BCUT2D eigenvalue weighted by molar-refractivity contribution is -0.141. The fourth-order valence-corrected chi connectivity index (χ4v) is 10.5.